The fraction of sp³-hybridized carbons (Fsp3) is 0.125. The quantitative estimate of drug-likeness (QED) is 0.649. The Kier molecular flexibility index (Phi) is 4.94. The molecule has 2 aromatic rings. The van der Waals surface area contributed by atoms with E-state index >= 15 is 0 Å². The number of benzene rings is 2. The van der Waals surface area contributed by atoms with Gasteiger partial charge in [-0.25, -0.2) is 9.18 Å². The molecule has 0 fully saturated rings. The number of aliphatic hydroxyl groups excluding tert-OH is 1. The first-order valence-electron chi connectivity index (χ1n) is 6.62. The molecular formula is C16H9F4NO4. The van der Waals surface area contributed by atoms with Crippen LogP contribution in [0.15, 0.2) is 36.4 Å². The molecule has 0 saturated carbocycles. The Bertz CT molecular complexity index is 858. The van der Waals surface area contributed by atoms with E-state index in [1.807, 2.05) is 0 Å². The van der Waals surface area contributed by atoms with Crippen LogP contribution in [0.2, 0.25) is 0 Å². The van der Waals surface area contributed by atoms with Gasteiger partial charge in [-0.05, 0) is 36.4 Å². The highest BCUT2D eigenvalue weighted by Crippen LogP contribution is 2.37. The van der Waals surface area contributed by atoms with E-state index in [0.717, 1.165) is 12.1 Å². The van der Waals surface area contributed by atoms with Gasteiger partial charge in [-0.3, -0.25) is 0 Å². The summed E-state index contributed by atoms with van der Waals surface area (Å²) in [5, 5.41) is 26.8. The largest absolute Gasteiger partial charge is 0.477 e. The Morgan fingerprint density at radius 1 is 1.16 bits per heavy atom. The van der Waals surface area contributed by atoms with Crippen molar-refractivity contribution in [3.05, 3.63) is 53.3 Å². The lowest BCUT2D eigenvalue weighted by atomic mass is 9.99. The summed E-state index contributed by atoms with van der Waals surface area (Å²) in [6, 6.07) is 6.63. The molecule has 1 unspecified atom stereocenters. The summed E-state index contributed by atoms with van der Waals surface area (Å²) in [5.74, 6) is -3.19. The van der Waals surface area contributed by atoms with Gasteiger partial charge in [-0.2, -0.15) is 18.4 Å². The number of rotatable bonds is 4. The van der Waals surface area contributed by atoms with E-state index in [2.05, 4.69) is 0 Å². The molecule has 0 saturated heterocycles. The van der Waals surface area contributed by atoms with Gasteiger partial charge in [0.2, 0.25) is 0 Å². The molecule has 0 amide bonds. The lowest BCUT2D eigenvalue weighted by molar-refractivity contribution is -0.161. The molecule has 0 aliphatic carbocycles. The zero-order chi connectivity index (χ0) is 18.8. The SMILES string of the molecule is N#Cc1ccc(OC(O)C(=O)O)c(-c2cc(C(F)(F)F)ccc2F)c1. The van der Waals surface area contributed by atoms with Crippen LogP contribution in [0.1, 0.15) is 11.1 Å². The lowest BCUT2D eigenvalue weighted by Crippen LogP contribution is -2.26. The number of nitrogens with zero attached hydrogens (tertiary/aromatic N) is 1. The van der Waals surface area contributed by atoms with Gasteiger partial charge in [-0.1, -0.05) is 0 Å². The third kappa shape index (κ3) is 4.05. The van der Waals surface area contributed by atoms with Crippen LogP contribution in [0.5, 0.6) is 5.75 Å². The number of carboxylic acid groups (broad SMARTS) is 1. The van der Waals surface area contributed by atoms with Crippen LogP contribution in [0.4, 0.5) is 17.6 Å². The molecule has 2 N–H and O–H groups in total. The van der Waals surface area contributed by atoms with Crippen molar-refractivity contribution < 1.29 is 37.3 Å². The molecule has 0 bridgehead atoms. The summed E-state index contributed by atoms with van der Waals surface area (Å²) in [7, 11) is 0. The van der Waals surface area contributed by atoms with Gasteiger partial charge < -0.3 is 14.9 Å². The average Bonchev–Trinajstić information content (AvgIpc) is 2.54. The number of nitriles is 1. The van der Waals surface area contributed by atoms with E-state index in [9.17, 15) is 27.5 Å². The predicted octanol–water partition coefficient (Wildman–Crippen LogP) is 3.16. The summed E-state index contributed by atoms with van der Waals surface area (Å²) in [6.45, 7) is 0. The normalized spacial score (nSPS) is 12.3. The molecule has 9 heteroatoms. The third-order valence-corrected chi connectivity index (χ3v) is 3.14. The Morgan fingerprint density at radius 2 is 1.84 bits per heavy atom. The van der Waals surface area contributed by atoms with E-state index in [-0.39, 0.29) is 11.1 Å². The second-order valence-corrected chi connectivity index (χ2v) is 4.82. The minimum Gasteiger partial charge on any atom is -0.477 e. The lowest BCUT2D eigenvalue weighted by Gasteiger charge is -2.16. The van der Waals surface area contributed by atoms with Crippen LogP contribution >= 0.6 is 0 Å². The van der Waals surface area contributed by atoms with Crippen molar-refractivity contribution in [1.82, 2.24) is 0 Å². The second-order valence-electron chi connectivity index (χ2n) is 4.82. The Hall–Kier alpha value is -3.12. The number of carboxylic acids is 1. The van der Waals surface area contributed by atoms with E-state index in [1.54, 1.807) is 6.07 Å². The van der Waals surface area contributed by atoms with Crippen LogP contribution in [-0.2, 0) is 11.0 Å². The maximum Gasteiger partial charge on any atom is 0.416 e. The Labute approximate surface area is 138 Å². The Morgan fingerprint density at radius 3 is 2.40 bits per heavy atom. The van der Waals surface area contributed by atoms with Crippen LogP contribution in [0, 0.1) is 17.1 Å². The predicted molar refractivity (Wildman–Crippen MR) is 75.8 cm³/mol. The van der Waals surface area contributed by atoms with Gasteiger partial charge in [0.05, 0.1) is 17.2 Å². The molecular weight excluding hydrogens is 346 g/mol. The molecule has 1 atom stereocenters. The molecule has 0 aliphatic heterocycles. The fourth-order valence-corrected chi connectivity index (χ4v) is 1.99. The molecule has 5 nitrogen and oxygen atoms in total. The first-order chi connectivity index (χ1) is 11.6. The van der Waals surface area contributed by atoms with E-state index in [1.165, 1.54) is 6.07 Å². The average molecular weight is 355 g/mol. The number of alkyl halides is 3. The van der Waals surface area contributed by atoms with Crippen LogP contribution in [0.3, 0.4) is 0 Å². The first-order valence-corrected chi connectivity index (χ1v) is 6.62. The summed E-state index contributed by atoms with van der Waals surface area (Å²) in [6.07, 6.45) is -7.06. The summed E-state index contributed by atoms with van der Waals surface area (Å²) >= 11 is 0. The first kappa shape index (κ1) is 18.2. The molecule has 130 valence electrons. The molecule has 0 heterocycles. The van der Waals surface area contributed by atoms with Gasteiger partial charge in [-0.15, -0.1) is 0 Å². The van der Waals surface area contributed by atoms with E-state index < -0.39 is 41.1 Å². The minimum absolute atomic E-state index is 0.0241. The van der Waals surface area contributed by atoms with Gasteiger partial charge in [0, 0.05) is 11.1 Å². The number of ether oxygens (including phenoxy) is 1. The highest BCUT2D eigenvalue weighted by molar-refractivity contribution is 5.75. The van der Waals surface area contributed by atoms with Crippen molar-refractivity contribution in [2.45, 2.75) is 12.5 Å². The third-order valence-electron chi connectivity index (χ3n) is 3.14. The van der Waals surface area contributed by atoms with Gasteiger partial charge >= 0.3 is 12.1 Å². The molecule has 0 aliphatic rings. The molecule has 0 aromatic heterocycles. The number of hydrogen-bond acceptors (Lipinski definition) is 4. The maximum absolute atomic E-state index is 14.1. The number of aliphatic hydroxyl groups is 1. The number of aliphatic carboxylic acids is 1. The van der Waals surface area contributed by atoms with E-state index in [0.29, 0.717) is 18.2 Å². The molecule has 0 spiro atoms. The smallest absolute Gasteiger partial charge is 0.416 e. The molecule has 25 heavy (non-hydrogen) atoms. The summed E-state index contributed by atoms with van der Waals surface area (Å²) in [4.78, 5) is 10.7. The van der Waals surface area contributed by atoms with Crippen molar-refractivity contribution in [2.24, 2.45) is 0 Å². The number of hydrogen-bond donors (Lipinski definition) is 2. The highest BCUT2D eigenvalue weighted by Gasteiger charge is 2.31. The van der Waals surface area contributed by atoms with Crippen molar-refractivity contribution in [3.8, 4) is 22.9 Å². The van der Waals surface area contributed by atoms with Crippen LogP contribution in [-0.4, -0.2) is 22.5 Å². The fourth-order valence-electron chi connectivity index (χ4n) is 1.99. The van der Waals surface area contributed by atoms with Crippen LogP contribution in [0.25, 0.3) is 11.1 Å². The zero-order valence-corrected chi connectivity index (χ0v) is 12.2. The number of carbonyl (C=O) groups is 1. The van der Waals surface area contributed by atoms with Crippen molar-refractivity contribution in [2.75, 3.05) is 0 Å². The highest BCUT2D eigenvalue weighted by atomic mass is 19.4. The molecule has 2 aromatic carbocycles. The minimum atomic E-state index is -4.74. The van der Waals surface area contributed by atoms with Crippen molar-refractivity contribution in [3.63, 3.8) is 0 Å². The summed E-state index contributed by atoms with van der Waals surface area (Å²) < 4.78 is 57.4. The Balaban J connectivity index is 2.64. The monoisotopic (exact) mass is 355 g/mol. The standard InChI is InChI=1S/C16H9F4NO4/c17-12-3-2-9(16(18,19)20)6-10(12)11-5-8(7-21)1-4-13(11)25-15(24)14(22)23/h1-6,15,24H,(H,22,23). The molecule has 0 radical (unpaired) electrons. The van der Waals surface area contributed by atoms with Crippen LogP contribution < -0.4 is 4.74 Å². The maximum atomic E-state index is 14.1. The van der Waals surface area contributed by atoms with Gasteiger partial charge in [0.1, 0.15) is 11.6 Å². The van der Waals surface area contributed by atoms with Gasteiger partial charge in [0.25, 0.3) is 6.29 Å². The summed E-state index contributed by atoms with van der Waals surface area (Å²) in [5.41, 5.74) is -2.03. The number of halogens is 4. The van der Waals surface area contributed by atoms with E-state index in [4.69, 9.17) is 15.1 Å². The second kappa shape index (κ2) is 6.78. The van der Waals surface area contributed by atoms with Crippen molar-refractivity contribution >= 4 is 5.97 Å². The zero-order valence-electron chi connectivity index (χ0n) is 12.2. The van der Waals surface area contributed by atoms with Crippen molar-refractivity contribution in [1.29, 1.82) is 5.26 Å². The molecule has 2 rings (SSSR count). The topological polar surface area (TPSA) is 90.5 Å². The van der Waals surface area contributed by atoms with Gasteiger partial charge in [0.15, 0.2) is 0 Å².